The van der Waals surface area contributed by atoms with Gasteiger partial charge in [-0.05, 0) is 302 Å². The van der Waals surface area contributed by atoms with Crippen molar-refractivity contribution in [3.05, 3.63) is 101 Å². The molecule has 6 nitrogen and oxygen atoms in total. The zero-order valence-corrected chi connectivity index (χ0v) is 55.1. The van der Waals surface area contributed by atoms with Crippen molar-refractivity contribution in [3.8, 4) is 5.75 Å². The molecule has 0 spiro atoms. The van der Waals surface area contributed by atoms with Gasteiger partial charge in [0.1, 0.15) is 5.75 Å². The molecule has 12 rings (SSSR count). The third-order valence-electron chi connectivity index (χ3n) is 30.5. The van der Waals surface area contributed by atoms with E-state index in [1.165, 1.54) is 156 Å². The quantitative estimate of drug-likeness (QED) is 0.182. The van der Waals surface area contributed by atoms with Crippen LogP contribution in [-0.2, 0) is 4.79 Å². The molecule has 2 N–H and O–H groups in total. The molecule has 0 heterocycles. The second-order valence-corrected chi connectivity index (χ2v) is 33.5. The maximum absolute atomic E-state index is 12.0. The van der Waals surface area contributed by atoms with Crippen LogP contribution in [0.2, 0.25) is 0 Å². The highest BCUT2D eigenvalue weighted by atomic mass is 16.5. The van der Waals surface area contributed by atoms with E-state index in [2.05, 4.69) is 134 Å². The molecular weight excluding hydrogens is 1030 g/mol. The van der Waals surface area contributed by atoms with Gasteiger partial charge in [-0.1, -0.05) is 145 Å². The van der Waals surface area contributed by atoms with Gasteiger partial charge < -0.3 is 14.9 Å². The first kappa shape index (κ1) is 61.5. The number of benzene rings is 2. The highest BCUT2D eigenvalue weighted by Gasteiger charge is 2.72. The van der Waals surface area contributed by atoms with Crippen LogP contribution < -0.4 is 4.74 Å². The van der Waals surface area contributed by atoms with Crippen molar-refractivity contribution < 1.29 is 29.3 Å². The van der Waals surface area contributed by atoms with E-state index in [1.54, 1.807) is 6.07 Å². The molecule has 8 fully saturated rings. The number of carbonyl (C=O) groups excluding carboxylic acids is 1. The molecule has 8 saturated carbocycles. The summed E-state index contributed by atoms with van der Waals surface area (Å²) >= 11 is 0. The van der Waals surface area contributed by atoms with Gasteiger partial charge in [-0.15, -0.1) is 0 Å². The van der Waals surface area contributed by atoms with E-state index in [9.17, 15) is 24.6 Å². The molecule has 10 aliphatic carbocycles. The summed E-state index contributed by atoms with van der Waals surface area (Å²) in [7, 11) is 0. The molecule has 458 valence electrons. The number of hydrogen-bond donors (Lipinski definition) is 2. The minimum atomic E-state index is -1.20. The van der Waals surface area contributed by atoms with Crippen molar-refractivity contribution in [3.63, 3.8) is 0 Å². The summed E-state index contributed by atoms with van der Waals surface area (Å²) in [6, 6.07) is 11.3. The molecule has 0 aliphatic heterocycles. The summed E-state index contributed by atoms with van der Waals surface area (Å²) in [6.45, 7) is 47.2. The Hall–Kier alpha value is -4.19. The van der Waals surface area contributed by atoms with E-state index >= 15 is 0 Å². The van der Waals surface area contributed by atoms with Crippen molar-refractivity contribution in [1.82, 2.24) is 0 Å². The van der Waals surface area contributed by atoms with Crippen LogP contribution in [0.4, 0.5) is 0 Å². The number of aryl methyl sites for hydroxylation is 1. The predicted octanol–water partition coefficient (Wildman–Crippen LogP) is 20.7. The number of ether oxygens (including phenoxy) is 1. The Morgan fingerprint density at radius 1 is 0.536 bits per heavy atom. The average molecular weight is 1140 g/mol. The maximum Gasteiger partial charge on any atom is 0.336 e. The molecule has 0 amide bonds. The van der Waals surface area contributed by atoms with Gasteiger partial charge in [0.05, 0.1) is 11.1 Å². The van der Waals surface area contributed by atoms with Crippen LogP contribution in [0, 0.1) is 120 Å². The van der Waals surface area contributed by atoms with Gasteiger partial charge >= 0.3 is 11.9 Å². The first-order valence-electron chi connectivity index (χ1n) is 33.9. The molecule has 18 atom stereocenters. The molecule has 0 unspecified atom stereocenters. The van der Waals surface area contributed by atoms with Crippen molar-refractivity contribution in [1.29, 1.82) is 0 Å². The molecule has 0 radical (unpaired) electrons. The summed E-state index contributed by atoms with van der Waals surface area (Å²) in [5.41, 5.74) is 11.4. The number of rotatable bonds is 10. The third-order valence-corrected chi connectivity index (χ3v) is 30.5. The van der Waals surface area contributed by atoms with E-state index in [1.807, 2.05) is 19.1 Å². The molecular formula is C78H110O6. The molecule has 2 aromatic rings. The van der Waals surface area contributed by atoms with Crippen molar-refractivity contribution in [2.75, 3.05) is 0 Å². The Labute approximate surface area is 508 Å². The fraction of sp³-hybridized carbons (Fsp3) is 0.705. The van der Waals surface area contributed by atoms with Crippen LogP contribution in [0.3, 0.4) is 0 Å². The maximum atomic E-state index is 12.0. The highest BCUT2D eigenvalue weighted by molar-refractivity contribution is 6.02. The Morgan fingerprint density at radius 3 is 1.36 bits per heavy atom. The standard InChI is InChI=1S/C39H54O4.C39H56O2/c1-9-39-19-14-25(23(2)3)32(39)29-12-13-31-36(6)17-15-28(24-10-11-26(33(40)41)27(22-24)34(42)43)35(4,5)30(36)16-18-38(31,8)37(29,7)20-21-39;1-10-39-20-15-28(25(2)3)34(39)30-12-14-33-36(7)18-16-29(27-11-13-31(41-24-40)26(4)23-27)35(5,6)32(36)17-19-38(33,9)37(30,8)21-22-39/h10-11,15,22,25,29-32H,2,9,12-14,16-21H2,1,3-8H3,(H,40,41)(H,42,43);11,13,16,23-24,28,30,32-34H,2,10,12,14-15,17-22H2,1,3-9H3/t25-,29+,30-,31+,32+,36-,37+,38+,39+;28-,30+,32-,33+,34+,36-,37+,38+,39+/m00/s1. The molecule has 2 aromatic carbocycles. The normalized spacial score (nSPS) is 43.7. The zero-order chi connectivity index (χ0) is 60.9. The lowest BCUT2D eigenvalue weighted by Crippen LogP contribution is -2.65. The predicted molar refractivity (Wildman–Crippen MR) is 343 cm³/mol. The van der Waals surface area contributed by atoms with Crippen molar-refractivity contribution in [2.45, 2.75) is 232 Å². The second-order valence-electron chi connectivity index (χ2n) is 33.5. The van der Waals surface area contributed by atoms with E-state index in [4.69, 9.17) is 4.74 Å². The largest absolute Gasteiger partial charge is 0.478 e. The lowest BCUT2D eigenvalue weighted by atomic mass is 9.32. The van der Waals surface area contributed by atoms with Gasteiger partial charge in [0.2, 0.25) is 0 Å². The van der Waals surface area contributed by atoms with Crippen LogP contribution >= 0.6 is 0 Å². The molecule has 6 heteroatoms. The number of fused-ring (bicyclic) bond motifs is 14. The first-order valence-corrected chi connectivity index (χ1v) is 33.9. The first-order chi connectivity index (χ1) is 39.4. The van der Waals surface area contributed by atoms with Crippen LogP contribution in [0.15, 0.2) is 72.9 Å². The minimum absolute atomic E-state index is 0.103. The Balaban J connectivity index is 0.000000176. The van der Waals surface area contributed by atoms with Crippen LogP contribution in [0.1, 0.15) is 263 Å². The van der Waals surface area contributed by atoms with Crippen LogP contribution in [-0.4, -0.2) is 28.6 Å². The van der Waals surface area contributed by atoms with E-state index < -0.39 is 11.9 Å². The summed E-state index contributed by atoms with van der Waals surface area (Å²) in [5, 5.41) is 19.4. The Bertz CT molecular complexity index is 3080. The van der Waals surface area contributed by atoms with Gasteiger partial charge in [0.15, 0.2) is 0 Å². The van der Waals surface area contributed by atoms with Crippen LogP contribution in [0.25, 0.3) is 11.1 Å². The average Bonchev–Trinajstić information content (AvgIpc) is 1.46. The number of carboxylic acid groups (broad SMARTS) is 2. The summed E-state index contributed by atoms with van der Waals surface area (Å²) in [6.07, 6.45) is 31.6. The molecule has 0 saturated heterocycles. The molecule has 84 heavy (non-hydrogen) atoms. The zero-order valence-electron chi connectivity index (χ0n) is 55.1. The topological polar surface area (TPSA) is 101 Å². The number of aromatic carboxylic acids is 2. The van der Waals surface area contributed by atoms with Crippen molar-refractivity contribution >= 4 is 29.6 Å². The minimum Gasteiger partial charge on any atom is -0.478 e. The highest BCUT2D eigenvalue weighted by Crippen LogP contribution is 2.80. The van der Waals surface area contributed by atoms with E-state index in [0.29, 0.717) is 73.8 Å². The number of carbonyl (C=O) groups is 3. The molecule has 0 aromatic heterocycles. The second kappa shape index (κ2) is 20.7. The molecule has 0 bridgehead atoms. The van der Waals surface area contributed by atoms with Crippen molar-refractivity contribution in [2.24, 2.45) is 113 Å². The summed E-state index contributed by atoms with van der Waals surface area (Å²) < 4.78 is 5.21. The van der Waals surface area contributed by atoms with Gasteiger partial charge in [0.25, 0.3) is 6.47 Å². The Kier molecular flexibility index (Phi) is 15.1. The van der Waals surface area contributed by atoms with Gasteiger partial charge in [0, 0.05) is 0 Å². The Morgan fingerprint density at radius 2 is 0.964 bits per heavy atom. The van der Waals surface area contributed by atoms with Gasteiger partial charge in [-0.25, -0.2) is 9.59 Å². The molecule has 10 aliphatic rings. The van der Waals surface area contributed by atoms with Gasteiger partial charge in [-0.3, -0.25) is 4.79 Å². The lowest BCUT2D eigenvalue weighted by Gasteiger charge is -2.72. The fourth-order valence-corrected chi connectivity index (χ4v) is 26.0. The number of allylic oxidation sites excluding steroid dienone is 6. The number of hydrogen-bond acceptors (Lipinski definition) is 4. The summed E-state index contributed by atoms with van der Waals surface area (Å²) in [4.78, 5) is 34.7. The monoisotopic (exact) mass is 1140 g/mol. The SMILES string of the molecule is C=C(C)[C@@H]1CC[C@]2(CC)CC[C@]3(C)[C@H](CC[C@@H]4[C@@]5(C)CC=C(c6ccc(C(=O)O)c(C(=O)O)c6)C(C)(C)[C@@H]5CC[C@]43C)[C@@H]12.C=C(C)[C@@H]1CC[C@]2(CC)CC[C@]3(C)[C@H](CC[C@@H]4[C@@]5(C)CC=C(c6ccc(OC=O)c(C)c6)C(C)(C)[C@@H]5CC[C@]43C)[C@@H]12. The van der Waals surface area contributed by atoms with Crippen LogP contribution in [0.5, 0.6) is 5.75 Å². The fourth-order valence-electron chi connectivity index (χ4n) is 26.0. The van der Waals surface area contributed by atoms with Gasteiger partial charge in [-0.2, -0.15) is 0 Å². The third kappa shape index (κ3) is 8.47. The lowest BCUT2D eigenvalue weighted by molar-refractivity contribution is -0.225. The smallest absolute Gasteiger partial charge is 0.336 e. The summed E-state index contributed by atoms with van der Waals surface area (Å²) in [5.74, 6) is 5.52. The number of carboxylic acids is 2. The van der Waals surface area contributed by atoms with E-state index in [-0.39, 0.29) is 27.4 Å². The van der Waals surface area contributed by atoms with E-state index in [0.717, 1.165) is 53.1 Å².